The van der Waals surface area contributed by atoms with Crippen molar-refractivity contribution in [2.75, 3.05) is 14.2 Å². The lowest BCUT2D eigenvalue weighted by Gasteiger charge is -2.19. The first-order chi connectivity index (χ1) is 13.9. The van der Waals surface area contributed by atoms with Crippen molar-refractivity contribution in [2.24, 2.45) is 0 Å². The predicted molar refractivity (Wildman–Crippen MR) is 103 cm³/mol. The molecule has 0 bridgehead atoms. The quantitative estimate of drug-likeness (QED) is 0.623. The molecule has 0 aliphatic heterocycles. The highest BCUT2D eigenvalue weighted by atomic mass is 19.3. The minimum Gasteiger partial charge on any atom is -0.493 e. The fourth-order valence-corrected chi connectivity index (χ4v) is 2.92. The molecule has 1 heterocycles. The minimum atomic E-state index is -2.90. The minimum absolute atomic E-state index is 0.0107. The summed E-state index contributed by atoms with van der Waals surface area (Å²) in [5, 5.41) is 8.35. The van der Waals surface area contributed by atoms with Crippen LogP contribution in [-0.2, 0) is 6.54 Å². The maximum Gasteiger partial charge on any atom is 0.387 e. The van der Waals surface area contributed by atoms with Gasteiger partial charge < -0.3 is 18.8 Å². The van der Waals surface area contributed by atoms with Crippen LogP contribution in [0.5, 0.6) is 11.5 Å². The number of nitrogens with zero attached hydrogens (tertiary/aromatic N) is 2. The van der Waals surface area contributed by atoms with Crippen LogP contribution in [0.2, 0.25) is 0 Å². The van der Waals surface area contributed by atoms with Gasteiger partial charge in [0, 0.05) is 11.1 Å². The van der Waals surface area contributed by atoms with Crippen LogP contribution in [0.4, 0.5) is 8.78 Å². The SMILES string of the molecule is COc1cc(C[NH+](C)[C@@H](C)c2nnc(-c3ccc(C)cc3)o2)ccc1OC(F)F. The van der Waals surface area contributed by atoms with E-state index in [4.69, 9.17) is 9.15 Å². The van der Waals surface area contributed by atoms with Crippen molar-refractivity contribution in [3.63, 3.8) is 0 Å². The van der Waals surface area contributed by atoms with E-state index in [0.717, 1.165) is 21.6 Å². The molecule has 1 N–H and O–H groups in total. The van der Waals surface area contributed by atoms with Gasteiger partial charge in [0.1, 0.15) is 6.54 Å². The Kier molecular flexibility index (Phi) is 6.43. The zero-order valence-corrected chi connectivity index (χ0v) is 16.8. The second kappa shape index (κ2) is 9.00. The number of benzene rings is 2. The van der Waals surface area contributed by atoms with Crippen LogP contribution in [0.15, 0.2) is 46.9 Å². The average Bonchev–Trinajstić information content (AvgIpc) is 3.18. The van der Waals surface area contributed by atoms with E-state index in [2.05, 4.69) is 14.9 Å². The number of halogens is 2. The Morgan fingerprint density at radius 1 is 1.07 bits per heavy atom. The number of hydrogen-bond acceptors (Lipinski definition) is 5. The lowest BCUT2D eigenvalue weighted by molar-refractivity contribution is -0.925. The highest BCUT2D eigenvalue weighted by Gasteiger charge is 2.23. The molecule has 0 spiro atoms. The Morgan fingerprint density at radius 2 is 1.79 bits per heavy atom. The second-order valence-electron chi connectivity index (χ2n) is 6.92. The normalized spacial score (nSPS) is 13.3. The van der Waals surface area contributed by atoms with E-state index in [0.29, 0.717) is 18.3 Å². The highest BCUT2D eigenvalue weighted by molar-refractivity contribution is 5.52. The molecular weight excluding hydrogens is 380 g/mol. The number of aromatic nitrogens is 2. The van der Waals surface area contributed by atoms with Gasteiger partial charge in [-0.2, -0.15) is 8.78 Å². The Hall–Kier alpha value is -3.00. The van der Waals surface area contributed by atoms with E-state index in [1.54, 1.807) is 12.1 Å². The summed E-state index contributed by atoms with van der Waals surface area (Å²) in [6, 6.07) is 12.7. The molecular formula is C21H24F2N3O3+. The van der Waals surface area contributed by atoms with Crippen molar-refractivity contribution in [1.29, 1.82) is 0 Å². The summed E-state index contributed by atoms with van der Waals surface area (Å²) in [4.78, 5) is 1.09. The number of quaternary nitrogens is 1. The van der Waals surface area contributed by atoms with Crippen LogP contribution in [0, 0.1) is 6.92 Å². The van der Waals surface area contributed by atoms with Crippen molar-refractivity contribution in [2.45, 2.75) is 33.0 Å². The largest absolute Gasteiger partial charge is 0.493 e. The smallest absolute Gasteiger partial charge is 0.387 e. The van der Waals surface area contributed by atoms with Crippen molar-refractivity contribution in [3.8, 4) is 23.0 Å². The molecule has 0 saturated heterocycles. The Labute approximate surface area is 168 Å². The predicted octanol–water partition coefficient (Wildman–Crippen LogP) is 3.43. The Morgan fingerprint density at radius 3 is 2.45 bits per heavy atom. The highest BCUT2D eigenvalue weighted by Crippen LogP contribution is 2.29. The van der Waals surface area contributed by atoms with Crippen LogP contribution in [0.25, 0.3) is 11.5 Å². The standard InChI is InChI=1S/C21H23F2N3O3/c1-13-5-8-16(9-6-13)20-25-24-19(29-20)14(2)26(3)12-15-7-10-17(28-21(22)23)18(11-15)27-4/h5-11,14,21H,12H2,1-4H3/p+1/t14-/m0/s1. The van der Waals surface area contributed by atoms with E-state index in [1.165, 1.54) is 13.2 Å². The third kappa shape index (κ3) is 5.08. The molecule has 6 nitrogen and oxygen atoms in total. The van der Waals surface area contributed by atoms with Crippen LogP contribution in [-0.4, -0.2) is 31.0 Å². The molecule has 154 valence electrons. The van der Waals surface area contributed by atoms with Gasteiger partial charge in [-0.05, 0) is 44.2 Å². The first-order valence-corrected chi connectivity index (χ1v) is 9.22. The van der Waals surface area contributed by atoms with Crippen LogP contribution >= 0.6 is 0 Å². The number of aryl methyl sites for hydroxylation is 1. The van der Waals surface area contributed by atoms with Gasteiger partial charge >= 0.3 is 6.61 Å². The van der Waals surface area contributed by atoms with Crippen molar-refractivity contribution >= 4 is 0 Å². The van der Waals surface area contributed by atoms with Gasteiger partial charge in [-0.15, -0.1) is 10.2 Å². The van der Waals surface area contributed by atoms with E-state index >= 15 is 0 Å². The number of alkyl halides is 2. The first-order valence-electron chi connectivity index (χ1n) is 9.22. The summed E-state index contributed by atoms with van der Waals surface area (Å²) in [5.74, 6) is 1.29. The maximum atomic E-state index is 12.5. The summed E-state index contributed by atoms with van der Waals surface area (Å²) in [6.07, 6.45) is 0. The molecule has 1 unspecified atom stereocenters. The third-order valence-electron chi connectivity index (χ3n) is 4.78. The molecule has 3 rings (SSSR count). The lowest BCUT2D eigenvalue weighted by atomic mass is 10.1. The van der Waals surface area contributed by atoms with Gasteiger partial charge in [-0.1, -0.05) is 17.7 Å². The summed E-state index contributed by atoms with van der Waals surface area (Å²) >= 11 is 0. The van der Waals surface area contributed by atoms with Crippen molar-refractivity contribution in [1.82, 2.24) is 10.2 Å². The van der Waals surface area contributed by atoms with Gasteiger partial charge in [0.15, 0.2) is 17.5 Å². The van der Waals surface area contributed by atoms with Gasteiger partial charge in [0.2, 0.25) is 5.89 Å². The summed E-state index contributed by atoms with van der Waals surface area (Å²) in [6.45, 7) is 1.72. The molecule has 0 saturated carbocycles. The summed E-state index contributed by atoms with van der Waals surface area (Å²) < 4.78 is 40.5. The lowest BCUT2D eigenvalue weighted by Crippen LogP contribution is -3.07. The number of ether oxygens (including phenoxy) is 2. The summed E-state index contributed by atoms with van der Waals surface area (Å²) in [7, 11) is 3.41. The molecule has 0 radical (unpaired) electrons. The van der Waals surface area contributed by atoms with E-state index < -0.39 is 6.61 Å². The molecule has 8 heteroatoms. The molecule has 0 fully saturated rings. The zero-order valence-electron chi connectivity index (χ0n) is 16.8. The number of methoxy groups -OCH3 is 1. The number of rotatable bonds is 8. The average molecular weight is 404 g/mol. The number of hydrogen-bond donors (Lipinski definition) is 1. The topological polar surface area (TPSA) is 61.8 Å². The van der Waals surface area contributed by atoms with Crippen LogP contribution < -0.4 is 14.4 Å². The zero-order chi connectivity index (χ0) is 21.0. The Bertz CT molecular complexity index is 945. The van der Waals surface area contributed by atoms with E-state index in [-0.39, 0.29) is 17.5 Å². The molecule has 3 aromatic rings. The van der Waals surface area contributed by atoms with Crippen LogP contribution in [0.3, 0.4) is 0 Å². The van der Waals surface area contributed by atoms with E-state index in [1.807, 2.05) is 45.2 Å². The fraction of sp³-hybridized carbons (Fsp3) is 0.333. The molecule has 29 heavy (non-hydrogen) atoms. The van der Waals surface area contributed by atoms with Gasteiger partial charge in [0.05, 0.1) is 14.2 Å². The molecule has 0 amide bonds. The van der Waals surface area contributed by atoms with Gasteiger partial charge in [-0.3, -0.25) is 0 Å². The van der Waals surface area contributed by atoms with Crippen molar-refractivity contribution in [3.05, 3.63) is 59.5 Å². The molecule has 2 atom stereocenters. The number of nitrogens with one attached hydrogen (secondary N) is 1. The summed E-state index contributed by atoms with van der Waals surface area (Å²) in [5.41, 5.74) is 2.94. The monoisotopic (exact) mass is 404 g/mol. The Balaban J connectivity index is 1.70. The molecule has 2 aromatic carbocycles. The molecule has 0 aliphatic carbocycles. The van der Waals surface area contributed by atoms with Crippen LogP contribution in [0.1, 0.15) is 30.0 Å². The van der Waals surface area contributed by atoms with Gasteiger partial charge in [0.25, 0.3) is 5.89 Å². The fourth-order valence-electron chi connectivity index (χ4n) is 2.92. The van der Waals surface area contributed by atoms with Gasteiger partial charge in [-0.25, -0.2) is 0 Å². The van der Waals surface area contributed by atoms with E-state index in [9.17, 15) is 8.78 Å². The molecule has 0 aliphatic rings. The molecule has 1 aromatic heterocycles. The third-order valence-corrected chi connectivity index (χ3v) is 4.78. The maximum absolute atomic E-state index is 12.5. The first kappa shape index (κ1) is 20.7. The van der Waals surface area contributed by atoms with Crippen molar-refractivity contribution < 1.29 is 27.6 Å². The second-order valence-corrected chi connectivity index (χ2v) is 6.92.